The molecule has 1 atom stereocenters. The molecule has 0 aromatic heterocycles. The first-order valence-corrected chi connectivity index (χ1v) is 4.88. The third kappa shape index (κ3) is 3.45. The minimum absolute atomic E-state index is 0.0662. The number of alkyl halides is 3. The molecule has 0 saturated carbocycles. The molecule has 17 heavy (non-hydrogen) atoms. The molecule has 1 N–H and O–H groups in total. The summed E-state index contributed by atoms with van der Waals surface area (Å²) in [4.78, 5) is 11.1. The first-order valence-electron chi connectivity index (χ1n) is 4.88. The van der Waals surface area contributed by atoms with Crippen LogP contribution in [-0.2, 0) is 15.7 Å². The maximum absolute atomic E-state index is 12.2. The minimum Gasteiger partial charge on any atom is -0.464 e. The van der Waals surface area contributed by atoms with Crippen molar-refractivity contribution in [1.29, 1.82) is 0 Å². The molecule has 1 aromatic rings. The Hall–Kier alpha value is -1.56. The third-order valence-corrected chi connectivity index (χ3v) is 2.06. The SMILES string of the molecule is CCOC(=O)[C@H](O)c1ccc(C(F)(F)F)cc1. The molecule has 0 heterocycles. The molecule has 1 aromatic carbocycles. The van der Waals surface area contributed by atoms with Crippen molar-refractivity contribution >= 4 is 5.97 Å². The van der Waals surface area contributed by atoms with E-state index in [-0.39, 0.29) is 12.2 Å². The van der Waals surface area contributed by atoms with E-state index in [1.165, 1.54) is 0 Å². The van der Waals surface area contributed by atoms with Crippen molar-refractivity contribution in [3.8, 4) is 0 Å². The molecule has 0 amide bonds. The zero-order valence-corrected chi connectivity index (χ0v) is 8.99. The van der Waals surface area contributed by atoms with E-state index in [1.54, 1.807) is 6.92 Å². The van der Waals surface area contributed by atoms with Gasteiger partial charge in [0.15, 0.2) is 6.10 Å². The van der Waals surface area contributed by atoms with Crippen molar-refractivity contribution in [2.45, 2.75) is 19.2 Å². The number of rotatable bonds is 3. The average Bonchev–Trinajstić information content (AvgIpc) is 2.27. The largest absolute Gasteiger partial charge is 0.464 e. The Balaban J connectivity index is 2.84. The second-order valence-corrected chi connectivity index (χ2v) is 3.27. The molecule has 0 radical (unpaired) electrons. The monoisotopic (exact) mass is 248 g/mol. The predicted molar refractivity (Wildman–Crippen MR) is 53.0 cm³/mol. The van der Waals surface area contributed by atoms with Crippen LogP contribution in [0.25, 0.3) is 0 Å². The van der Waals surface area contributed by atoms with Gasteiger partial charge in [-0.1, -0.05) is 12.1 Å². The Morgan fingerprint density at radius 1 is 1.35 bits per heavy atom. The van der Waals surface area contributed by atoms with Gasteiger partial charge in [0.1, 0.15) is 0 Å². The molecule has 0 unspecified atom stereocenters. The molecule has 0 fully saturated rings. The standard InChI is InChI=1S/C11H11F3O3/c1-2-17-10(16)9(15)7-3-5-8(6-4-7)11(12,13)14/h3-6,9,15H,2H2,1H3/t9-/m1/s1. The van der Waals surface area contributed by atoms with Gasteiger partial charge in [0.05, 0.1) is 12.2 Å². The number of esters is 1. The molecule has 0 spiro atoms. The highest BCUT2D eigenvalue weighted by molar-refractivity contribution is 5.76. The maximum Gasteiger partial charge on any atom is 0.416 e. The van der Waals surface area contributed by atoms with Crippen LogP contribution in [0.3, 0.4) is 0 Å². The van der Waals surface area contributed by atoms with Crippen molar-refractivity contribution < 1.29 is 27.8 Å². The highest BCUT2D eigenvalue weighted by Gasteiger charge is 2.30. The van der Waals surface area contributed by atoms with Crippen LogP contribution in [0.1, 0.15) is 24.2 Å². The van der Waals surface area contributed by atoms with Crippen molar-refractivity contribution in [2.75, 3.05) is 6.61 Å². The molecule has 6 heteroatoms. The Morgan fingerprint density at radius 2 is 1.88 bits per heavy atom. The Morgan fingerprint density at radius 3 is 2.29 bits per heavy atom. The average molecular weight is 248 g/mol. The molecule has 1 rings (SSSR count). The van der Waals surface area contributed by atoms with Crippen LogP contribution in [0.2, 0.25) is 0 Å². The van der Waals surface area contributed by atoms with Gasteiger partial charge >= 0.3 is 12.1 Å². The van der Waals surface area contributed by atoms with Crippen LogP contribution in [0.5, 0.6) is 0 Å². The molecular formula is C11H11F3O3. The summed E-state index contributed by atoms with van der Waals surface area (Å²) in [6.07, 6.45) is -6.00. The van der Waals surface area contributed by atoms with E-state index in [9.17, 15) is 23.1 Å². The van der Waals surface area contributed by atoms with Gasteiger partial charge in [0.2, 0.25) is 0 Å². The Labute approximate surface area is 95.8 Å². The highest BCUT2D eigenvalue weighted by atomic mass is 19.4. The predicted octanol–water partition coefficient (Wildman–Crippen LogP) is 2.30. The fourth-order valence-corrected chi connectivity index (χ4v) is 1.21. The lowest BCUT2D eigenvalue weighted by Crippen LogP contribution is -2.15. The van der Waals surface area contributed by atoms with Crippen LogP contribution in [0.15, 0.2) is 24.3 Å². The number of aliphatic hydroxyl groups is 1. The van der Waals surface area contributed by atoms with Gasteiger partial charge in [-0.2, -0.15) is 13.2 Å². The lowest BCUT2D eigenvalue weighted by molar-refractivity contribution is -0.153. The smallest absolute Gasteiger partial charge is 0.416 e. The minimum atomic E-state index is -4.44. The molecule has 0 bridgehead atoms. The lowest BCUT2D eigenvalue weighted by atomic mass is 10.1. The molecule has 0 aliphatic carbocycles. The highest BCUT2D eigenvalue weighted by Crippen LogP contribution is 2.30. The van der Waals surface area contributed by atoms with Crippen LogP contribution >= 0.6 is 0 Å². The summed E-state index contributed by atoms with van der Waals surface area (Å²) in [5.41, 5.74) is -0.770. The normalized spacial score (nSPS) is 13.2. The summed E-state index contributed by atoms with van der Waals surface area (Å²) >= 11 is 0. The number of hydrogen-bond acceptors (Lipinski definition) is 3. The zero-order chi connectivity index (χ0) is 13.1. The first kappa shape index (κ1) is 13.5. The fourth-order valence-electron chi connectivity index (χ4n) is 1.21. The molecule has 3 nitrogen and oxygen atoms in total. The van der Waals surface area contributed by atoms with E-state index < -0.39 is 23.8 Å². The summed E-state index contributed by atoms with van der Waals surface area (Å²) < 4.78 is 41.3. The number of carbonyl (C=O) groups excluding carboxylic acids is 1. The third-order valence-electron chi connectivity index (χ3n) is 2.06. The van der Waals surface area contributed by atoms with Gasteiger partial charge < -0.3 is 9.84 Å². The van der Waals surface area contributed by atoms with Gasteiger partial charge in [-0.3, -0.25) is 0 Å². The summed E-state index contributed by atoms with van der Waals surface area (Å²) in [7, 11) is 0. The zero-order valence-electron chi connectivity index (χ0n) is 8.99. The number of ether oxygens (including phenoxy) is 1. The molecule has 0 aliphatic heterocycles. The van der Waals surface area contributed by atoms with E-state index in [0.717, 1.165) is 24.3 Å². The number of hydrogen-bond donors (Lipinski definition) is 1. The number of carbonyl (C=O) groups is 1. The van der Waals surface area contributed by atoms with E-state index in [1.807, 2.05) is 0 Å². The summed E-state index contributed by atoms with van der Waals surface area (Å²) in [5.74, 6) is -0.882. The molecule has 94 valence electrons. The van der Waals surface area contributed by atoms with E-state index in [2.05, 4.69) is 4.74 Å². The Kier molecular flexibility index (Phi) is 4.11. The number of halogens is 3. The first-order chi connectivity index (χ1) is 7.86. The molecule has 0 aliphatic rings. The lowest BCUT2D eigenvalue weighted by Gasteiger charge is -2.11. The fraction of sp³-hybridized carbons (Fsp3) is 0.364. The van der Waals surface area contributed by atoms with Gasteiger partial charge in [-0.05, 0) is 24.6 Å². The van der Waals surface area contributed by atoms with Gasteiger partial charge in [-0.25, -0.2) is 4.79 Å². The maximum atomic E-state index is 12.2. The van der Waals surface area contributed by atoms with Crippen molar-refractivity contribution in [2.24, 2.45) is 0 Å². The number of aliphatic hydroxyl groups excluding tert-OH is 1. The second-order valence-electron chi connectivity index (χ2n) is 3.27. The van der Waals surface area contributed by atoms with Crippen LogP contribution in [-0.4, -0.2) is 17.7 Å². The van der Waals surface area contributed by atoms with Crippen molar-refractivity contribution in [3.63, 3.8) is 0 Å². The topological polar surface area (TPSA) is 46.5 Å². The van der Waals surface area contributed by atoms with E-state index in [4.69, 9.17) is 0 Å². The summed E-state index contributed by atoms with van der Waals surface area (Å²) in [6.45, 7) is 1.66. The van der Waals surface area contributed by atoms with Crippen molar-refractivity contribution in [1.82, 2.24) is 0 Å². The Bertz CT molecular complexity index is 384. The van der Waals surface area contributed by atoms with Crippen molar-refractivity contribution in [3.05, 3.63) is 35.4 Å². The second kappa shape index (κ2) is 5.18. The van der Waals surface area contributed by atoms with Gasteiger partial charge in [0, 0.05) is 0 Å². The van der Waals surface area contributed by atoms with E-state index in [0.29, 0.717) is 0 Å². The quantitative estimate of drug-likeness (QED) is 0.835. The van der Waals surface area contributed by atoms with Crippen LogP contribution < -0.4 is 0 Å². The summed E-state index contributed by atoms with van der Waals surface area (Å²) in [6, 6.07) is 3.70. The van der Waals surface area contributed by atoms with E-state index >= 15 is 0 Å². The van der Waals surface area contributed by atoms with Crippen LogP contribution in [0.4, 0.5) is 13.2 Å². The summed E-state index contributed by atoms with van der Waals surface area (Å²) in [5, 5.41) is 9.46. The van der Waals surface area contributed by atoms with Gasteiger partial charge in [0.25, 0.3) is 0 Å². The number of benzene rings is 1. The van der Waals surface area contributed by atoms with Gasteiger partial charge in [-0.15, -0.1) is 0 Å². The molecular weight excluding hydrogens is 237 g/mol. The molecule has 0 saturated heterocycles. The van der Waals surface area contributed by atoms with Crippen LogP contribution in [0, 0.1) is 0 Å².